The number of furan rings is 1. The van der Waals surface area contributed by atoms with Crippen molar-refractivity contribution in [1.29, 1.82) is 0 Å². The van der Waals surface area contributed by atoms with Crippen LogP contribution in [0.1, 0.15) is 16.7 Å². The van der Waals surface area contributed by atoms with Crippen LogP contribution >= 0.6 is 0 Å². The van der Waals surface area contributed by atoms with E-state index in [-0.39, 0.29) is 0 Å². The van der Waals surface area contributed by atoms with Crippen LogP contribution < -0.4 is 0 Å². The largest absolute Gasteiger partial charge is 0.456 e. The predicted molar refractivity (Wildman–Crippen MR) is 230 cm³/mol. The Labute approximate surface area is 318 Å². The van der Waals surface area contributed by atoms with E-state index in [1.54, 1.807) is 6.20 Å². The van der Waals surface area contributed by atoms with Gasteiger partial charge >= 0.3 is 0 Å². The fraction of sp³-hybridized carbons (Fsp3) is 0.0192. The Morgan fingerprint density at radius 1 is 0.509 bits per heavy atom. The summed E-state index contributed by atoms with van der Waals surface area (Å²) in [6.45, 7) is 0. The highest BCUT2D eigenvalue weighted by Crippen LogP contribution is 2.40. The molecule has 0 fully saturated rings. The van der Waals surface area contributed by atoms with Gasteiger partial charge in [-0.3, -0.25) is 4.98 Å². The summed E-state index contributed by atoms with van der Waals surface area (Å²) in [5, 5.41) is 9.54. The van der Waals surface area contributed by atoms with E-state index in [4.69, 9.17) is 4.42 Å². The molecular weight excluding hydrogens is 669 g/mol. The van der Waals surface area contributed by atoms with E-state index in [1.165, 1.54) is 76.9 Å². The number of para-hydroxylation sites is 2. The second-order valence-corrected chi connectivity index (χ2v) is 14.2. The summed E-state index contributed by atoms with van der Waals surface area (Å²) in [7, 11) is 0. The van der Waals surface area contributed by atoms with Gasteiger partial charge in [-0.25, -0.2) is 0 Å². The topological polar surface area (TPSA) is 31.0 Å². The van der Waals surface area contributed by atoms with E-state index < -0.39 is 0 Å². The quantitative estimate of drug-likeness (QED) is 0.173. The maximum absolute atomic E-state index is 6.25. The SMILES string of the molecule is C(/Cc1ccc(-c2ccccc2)c2ccccc12)=C(/c1ccc2oc3ccncc3c2c1)c1ccc(-n2c3ccccc3c3ccccc32)c2ccccc12. The molecule has 3 heterocycles. The van der Waals surface area contributed by atoms with Crippen molar-refractivity contribution in [2.24, 2.45) is 0 Å². The Morgan fingerprint density at radius 3 is 1.95 bits per heavy atom. The van der Waals surface area contributed by atoms with Crippen molar-refractivity contribution in [3.05, 3.63) is 211 Å². The number of hydrogen-bond donors (Lipinski definition) is 0. The third-order valence-corrected chi connectivity index (χ3v) is 11.2. The molecule has 0 aliphatic rings. The highest BCUT2D eigenvalue weighted by molar-refractivity contribution is 6.12. The molecule has 3 nitrogen and oxygen atoms in total. The van der Waals surface area contributed by atoms with Crippen molar-refractivity contribution in [2.45, 2.75) is 6.42 Å². The van der Waals surface area contributed by atoms with Crippen LogP contribution in [0.2, 0.25) is 0 Å². The molecule has 8 aromatic carbocycles. The molecule has 0 radical (unpaired) electrons. The zero-order chi connectivity index (χ0) is 36.3. The minimum atomic E-state index is 0.763. The number of rotatable bonds is 6. The molecule has 0 aliphatic heterocycles. The van der Waals surface area contributed by atoms with E-state index in [2.05, 4.69) is 185 Å². The summed E-state index contributed by atoms with van der Waals surface area (Å²) in [6.07, 6.45) is 6.88. The van der Waals surface area contributed by atoms with Gasteiger partial charge in [0.2, 0.25) is 0 Å². The van der Waals surface area contributed by atoms with Crippen LogP contribution in [0, 0.1) is 0 Å². The van der Waals surface area contributed by atoms with Gasteiger partial charge < -0.3 is 8.98 Å². The van der Waals surface area contributed by atoms with Crippen LogP contribution in [-0.4, -0.2) is 9.55 Å². The van der Waals surface area contributed by atoms with Crippen molar-refractivity contribution in [3.8, 4) is 16.8 Å². The molecule has 258 valence electrons. The molecular formula is C52H34N2O. The molecule has 0 saturated carbocycles. The van der Waals surface area contributed by atoms with Gasteiger partial charge in [0, 0.05) is 39.3 Å². The number of nitrogens with zero attached hydrogens (tertiary/aromatic N) is 2. The maximum Gasteiger partial charge on any atom is 0.138 e. The van der Waals surface area contributed by atoms with E-state index >= 15 is 0 Å². The fourth-order valence-electron chi connectivity index (χ4n) is 8.69. The summed E-state index contributed by atoms with van der Waals surface area (Å²) in [6, 6.07) is 63.6. The highest BCUT2D eigenvalue weighted by Gasteiger charge is 2.18. The zero-order valence-corrected chi connectivity index (χ0v) is 30.0. The van der Waals surface area contributed by atoms with Crippen LogP contribution in [0.5, 0.6) is 0 Å². The number of pyridine rings is 1. The van der Waals surface area contributed by atoms with Gasteiger partial charge in [0.05, 0.1) is 16.7 Å². The second kappa shape index (κ2) is 12.7. The van der Waals surface area contributed by atoms with Crippen LogP contribution in [0.15, 0.2) is 199 Å². The van der Waals surface area contributed by atoms with Crippen molar-refractivity contribution in [1.82, 2.24) is 9.55 Å². The number of aromatic nitrogens is 2. The first-order valence-electron chi connectivity index (χ1n) is 18.8. The number of allylic oxidation sites excluding steroid dienone is 1. The summed E-state index contributed by atoms with van der Waals surface area (Å²) in [5.74, 6) is 0. The Bertz CT molecular complexity index is 3240. The summed E-state index contributed by atoms with van der Waals surface area (Å²) < 4.78 is 8.68. The van der Waals surface area contributed by atoms with Gasteiger partial charge in [-0.1, -0.05) is 146 Å². The number of hydrogen-bond acceptors (Lipinski definition) is 2. The standard InChI is InChI=1S/C52H34N2O/c1-2-12-34(13-3-1)38-25-22-35(37-14-4-5-15-40(37)38)23-26-39(36-24-29-51-46(32-36)47-33-53-31-30-52(47)55-51)42-27-28-50(43-17-7-6-16-41(42)43)54-48-20-10-8-18-44(48)45-19-9-11-21-49(45)54/h1-22,24-33H,23H2/b39-26+. The molecule has 0 N–H and O–H groups in total. The number of benzene rings is 8. The summed E-state index contributed by atoms with van der Waals surface area (Å²) in [4.78, 5) is 4.44. The Morgan fingerprint density at radius 2 is 1.16 bits per heavy atom. The molecule has 55 heavy (non-hydrogen) atoms. The average molecular weight is 703 g/mol. The van der Waals surface area contributed by atoms with Gasteiger partial charge in [0.15, 0.2) is 0 Å². The van der Waals surface area contributed by atoms with E-state index in [1.807, 2.05) is 12.3 Å². The second-order valence-electron chi connectivity index (χ2n) is 14.2. The Hall–Kier alpha value is -7.23. The lowest BCUT2D eigenvalue weighted by Gasteiger charge is -2.17. The first-order valence-corrected chi connectivity index (χ1v) is 18.8. The molecule has 0 amide bonds. The van der Waals surface area contributed by atoms with Crippen molar-refractivity contribution >= 4 is 70.9 Å². The average Bonchev–Trinajstić information content (AvgIpc) is 3.79. The predicted octanol–water partition coefficient (Wildman–Crippen LogP) is 13.7. The summed E-state index contributed by atoms with van der Waals surface area (Å²) in [5.41, 5.74) is 12.6. The molecule has 3 heteroatoms. The summed E-state index contributed by atoms with van der Waals surface area (Å²) >= 11 is 0. The molecule has 0 aliphatic carbocycles. The molecule has 0 unspecified atom stereocenters. The lowest BCUT2D eigenvalue weighted by molar-refractivity contribution is 0.668. The van der Waals surface area contributed by atoms with Gasteiger partial charge in [0.25, 0.3) is 0 Å². The van der Waals surface area contributed by atoms with E-state index in [0.717, 1.165) is 33.9 Å². The highest BCUT2D eigenvalue weighted by atomic mass is 16.3. The Kier molecular flexibility index (Phi) is 7.24. The van der Waals surface area contributed by atoms with Crippen molar-refractivity contribution in [2.75, 3.05) is 0 Å². The van der Waals surface area contributed by atoms with E-state index in [0.29, 0.717) is 0 Å². The molecule has 11 rings (SSSR count). The van der Waals surface area contributed by atoms with Gasteiger partial charge in [-0.15, -0.1) is 0 Å². The smallest absolute Gasteiger partial charge is 0.138 e. The first kappa shape index (κ1) is 31.3. The minimum Gasteiger partial charge on any atom is -0.456 e. The van der Waals surface area contributed by atoms with Crippen LogP contribution in [0.25, 0.3) is 87.7 Å². The van der Waals surface area contributed by atoms with Crippen molar-refractivity contribution in [3.63, 3.8) is 0 Å². The Balaban J connectivity index is 1.13. The lowest BCUT2D eigenvalue weighted by atomic mass is 9.89. The molecule has 0 spiro atoms. The van der Waals surface area contributed by atoms with Gasteiger partial charge in [-0.05, 0) is 92.4 Å². The lowest BCUT2D eigenvalue weighted by Crippen LogP contribution is -1.98. The van der Waals surface area contributed by atoms with Crippen LogP contribution in [0.4, 0.5) is 0 Å². The third-order valence-electron chi connectivity index (χ3n) is 11.2. The van der Waals surface area contributed by atoms with Crippen molar-refractivity contribution < 1.29 is 4.42 Å². The molecule has 0 bridgehead atoms. The number of fused-ring (bicyclic) bond motifs is 8. The first-order chi connectivity index (χ1) is 27.3. The third kappa shape index (κ3) is 5.09. The maximum atomic E-state index is 6.25. The van der Waals surface area contributed by atoms with Gasteiger partial charge in [0.1, 0.15) is 11.2 Å². The monoisotopic (exact) mass is 702 g/mol. The van der Waals surface area contributed by atoms with Gasteiger partial charge in [-0.2, -0.15) is 0 Å². The molecule has 0 atom stereocenters. The van der Waals surface area contributed by atoms with Crippen LogP contribution in [-0.2, 0) is 6.42 Å². The fourth-order valence-corrected chi connectivity index (χ4v) is 8.69. The zero-order valence-electron chi connectivity index (χ0n) is 30.0. The molecule has 3 aromatic heterocycles. The molecule has 0 saturated heterocycles. The van der Waals surface area contributed by atoms with E-state index in [9.17, 15) is 0 Å². The normalized spacial score (nSPS) is 12.2. The van der Waals surface area contributed by atoms with Crippen LogP contribution in [0.3, 0.4) is 0 Å². The minimum absolute atomic E-state index is 0.763. The molecule has 11 aromatic rings.